The molecule has 2 aromatic rings. The summed E-state index contributed by atoms with van der Waals surface area (Å²) in [4.78, 5) is 2.49. The first-order valence-corrected chi connectivity index (χ1v) is 12.5. The fourth-order valence-corrected chi connectivity index (χ4v) is 6.25. The molecule has 6 nitrogen and oxygen atoms in total. The van der Waals surface area contributed by atoms with Gasteiger partial charge in [-0.25, -0.2) is 0 Å². The quantitative estimate of drug-likeness (QED) is 0.370. The van der Waals surface area contributed by atoms with Crippen molar-refractivity contribution >= 4 is 24.2 Å². The molecule has 2 saturated heterocycles. The van der Waals surface area contributed by atoms with Crippen LogP contribution in [0.25, 0.3) is 0 Å². The fourth-order valence-electron chi connectivity index (χ4n) is 5.41. The molecule has 2 atom stereocenters. The van der Waals surface area contributed by atoms with E-state index in [1.54, 1.807) is 23.9 Å². The van der Waals surface area contributed by atoms with Crippen molar-refractivity contribution in [3.8, 4) is 5.75 Å². The van der Waals surface area contributed by atoms with Gasteiger partial charge < -0.3 is 18.9 Å². The zero-order valence-electron chi connectivity index (χ0n) is 19.1. The lowest BCUT2D eigenvalue weighted by Gasteiger charge is -2.21. The molecule has 1 aliphatic carbocycles. The normalized spacial score (nSPS) is 25.1. The van der Waals surface area contributed by atoms with Crippen LogP contribution in [0.3, 0.4) is 0 Å². The number of alkyl halides is 3. The molecule has 1 saturated carbocycles. The minimum absolute atomic E-state index is 0. The smallest absolute Gasteiger partial charge is 0.406 e. The summed E-state index contributed by atoms with van der Waals surface area (Å²) in [6.07, 6.45) is -0.461. The van der Waals surface area contributed by atoms with Crippen LogP contribution in [0.1, 0.15) is 43.0 Å². The van der Waals surface area contributed by atoms with E-state index in [0.29, 0.717) is 11.8 Å². The van der Waals surface area contributed by atoms with E-state index in [2.05, 4.69) is 31.4 Å². The monoisotopic (exact) mass is 518 g/mol. The SMILES string of the molecule is Cl.Cn1c(SCCCN2CC3CC3(c3ccc(OC(F)(F)F)cc3)C2)nnc1C1CCOCC1. The number of benzene rings is 1. The highest BCUT2D eigenvalue weighted by atomic mass is 35.5. The maximum Gasteiger partial charge on any atom is 0.573 e. The van der Waals surface area contributed by atoms with Crippen LogP contribution in [0.15, 0.2) is 29.4 Å². The van der Waals surface area contributed by atoms with Gasteiger partial charge in [-0.1, -0.05) is 23.9 Å². The average Bonchev–Trinajstić information content (AvgIpc) is 3.16. The molecule has 11 heteroatoms. The lowest BCUT2D eigenvalue weighted by molar-refractivity contribution is -0.274. The maximum absolute atomic E-state index is 12.4. The van der Waals surface area contributed by atoms with Gasteiger partial charge >= 0.3 is 6.36 Å². The van der Waals surface area contributed by atoms with Gasteiger partial charge in [-0.05, 0) is 55.8 Å². The highest BCUT2D eigenvalue weighted by Crippen LogP contribution is 2.59. The third-order valence-electron chi connectivity index (χ3n) is 7.18. The Bertz CT molecular complexity index is 968. The van der Waals surface area contributed by atoms with Gasteiger partial charge in [-0.3, -0.25) is 0 Å². The van der Waals surface area contributed by atoms with E-state index in [-0.39, 0.29) is 23.6 Å². The number of hydrogen-bond donors (Lipinski definition) is 0. The molecule has 0 radical (unpaired) electrons. The molecule has 2 unspecified atom stereocenters. The topological polar surface area (TPSA) is 52.4 Å². The zero-order chi connectivity index (χ0) is 23.1. The number of nitrogens with zero attached hydrogens (tertiary/aromatic N) is 4. The predicted octanol–water partition coefficient (Wildman–Crippen LogP) is 4.79. The second-order valence-corrected chi connectivity index (χ2v) is 10.4. The number of hydrogen-bond acceptors (Lipinski definition) is 6. The molecule has 1 aromatic carbocycles. The fraction of sp³-hybridized carbons (Fsp3) is 0.652. The number of likely N-dealkylation sites (tertiary alicyclic amines) is 1. The van der Waals surface area contributed by atoms with Crippen molar-refractivity contribution in [2.75, 3.05) is 38.6 Å². The third-order valence-corrected chi connectivity index (χ3v) is 8.29. The first-order chi connectivity index (χ1) is 15.8. The molecule has 0 amide bonds. The molecule has 3 heterocycles. The number of rotatable bonds is 8. The molecule has 0 bridgehead atoms. The minimum atomic E-state index is -4.65. The standard InChI is InChI=1S/C23H29F3N4O2S.ClH/c1-29-20(16-7-10-31-11-8-16)27-28-21(29)33-12-2-9-30-14-18-13-22(18,15-30)17-3-5-19(6-4-17)32-23(24,25)26;/h3-6,16,18H,2,7-15H2,1H3;1H. The molecule has 3 aliphatic rings. The first kappa shape index (κ1) is 25.6. The molecule has 2 aliphatic heterocycles. The van der Waals surface area contributed by atoms with Gasteiger partial charge in [0, 0.05) is 50.4 Å². The Morgan fingerprint density at radius 2 is 1.91 bits per heavy atom. The summed E-state index contributed by atoms with van der Waals surface area (Å²) in [7, 11) is 2.05. The Kier molecular flexibility index (Phi) is 7.71. The number of aromatic nitrogens is 3. The molecular formula is C23H30ClF3N4O2S. The summed E-state index contributed by atoms with van der Waals surface area (Å²) < 4.78 is 48.8. The van der Waals surface area contributed by atoms with Crippen molar-refractivity contribution < 1.29 is 22.6 Å². The highest BCUT2D eigenvalue weighted by molar-refractivity contribution is 7.99. The Balaban J connectivity index is 0.00000274. The number of ether oxygens (including phenoxy) is 2. The summed E-state index contributed by atoms with van der Waals surface area (Å²) in [5.74, 6) is 2.93. The molecule has 0 N–H and O–H groups in total. The van der Waals surface area contributed by atoms with Crippen molar-refractivity contribution in [2.45, 2.75) is 48.5 Å². The third kappa shape index (κ3) is 5.50. The second-order valence-electron chi connectivity index (χ2n) is 9.35. The van der Waals surface area contributed by atoms with Crippen LogP contribution in [-0.2, 0) is 17.2 Å². The average molecular weight is 519 g/mol. The maximum atomic E-state index is 12.4. The van der Waals surface area contributed by atoms with Crippen molar-refractivity contribution in [3.05, 3.63) is 35.7 Å². The largest absolute Gasteiger partial charge is 0.573 e. The lowest BCUT2D eigenvalue weighted by atomic mass is 9.95. The number of piperidine rings is 1. The van der Waals surface area contributed by atoms with E-state index in [1.807, 2.05) is 0 Å². The minimum Gasteiger partial charge on any atom is -0.406 e. The van der Waals surface area contributed by atoms with Crippen molar-refractivity contribution in [1.29, 1.82) is 0 Å². The zero-order valence-corrected chi connectivity index (χ0v) is 20.7. The van der Waals surface area contributed by atoms with E-state index in [0.717, 1.165) is 80.8 Å². The summed E-state index contributed by atoms with van der Waals surface area (Å²) in [5, 5.41) is 9.81. The lowest BCUT2D eigenvalue weighted by Crippen LogP contribution is -2.28. The van der Waals surface area contributed by atoms with Crippen LogP contribution in [0.4, 0.5) is 13.2 Å². The predicted molar refractivity (Wildman–Crippen MR) is 126 cm³/mol. The van der Waals surface area contributed by atoms with Crippen molar-refractivity contribution in [3.63, 3.8) is 0 Å². The van der Waals surface area contributed by atoms with Gasteiger partial charge in [0.15, 0.2) is 5.16 Å². The van der Waals surface area contributed by atoms with Crippen LogP contribution >= 0.6 is 24.2 Å². The summed E-state index contributed by atoms with van der Waals surface area (Å²) in [6.45, 7) is 4.64. The molecule has 1 aromatic heterocycles. The molecule has 0 spiro atoms. The van der Waals surface area contributed by atoms with E-state index in [4.69, 9.17) is 4.74 Å². The number of fused-ring (bicyclic) bond motifs is 1. The first-order valence-electron chi connectivity index (χ1n) is 11.5. The Morgan fingerprint density at radius 1 is 1.18 bits per heavy atom. The van der Waals surface area contributed by atoms with Crippen molar-refractivity contribution in [1.82, 2.24) is 19.7 Å². The summed E-state index contributed by atoms with van der Waals surface area (Å²) in [5.41, 5.74) is 1.23. The van der Waals surface area contributed by atoms with E-state index >= 15 is 0 Å². The van der Waals surface area contributed by atoms with Gasteiger partial charge in [-0.2, -0.15) is 0 Å². The van der Waals surface area contributed by atoms with Gasteiger partial charge in [0.05, 0.1) is 0 Å². The van der Waals surface area contributed by atoms with Gasteiger partial charge in [0.25, 0.3) is 0 Å². The van der Waals surface area contributed by atoms with Gasteiger partial charge in [0.2, 0.25) is 0 Å². The van der Waals surface area contributed by atoms with Crippen LogP contribution < -0.4 is 4.74 Å². The second kappa shape index (κ2) is 10.2. The van der Waals surface area contributed by atoms with E-state index in [1.165, 1.54) is 12.1 Å². The van der Waals surface area contributed by atoms with Gasteiger partial charge in [-0.15, -0.1) is 35.8 Å². The molecule has 3 fully saturated rings. The molecule has 188 valence electrons. The molecule has 5 rings (SSSR count). The van der Waals surface area contributed by atoms with Crippen molar-refractivity contribution in [2.24, 2.45) is 13.0 Å². The Hall–Kier alpha value is -1.49. The van der Waals surface area contributed by atoms with E-state index in [9.17, 15) is 13.2 Å². The number of halogens is 4. The summed E-state index contributed by atoms with van der Waals surface area (Å²) >= 11 is 1.75. The summed E-state index contributed by atoms with van der Waals surface area (Å²) in [6, 6.07) is 6.46. The Morgan fingerprint density at radius 3 is 2.62 bits per heavy atom. The van der Waals surface area contributed by atoms with Crippen LogP contribution in [0, 0.1) is 5.92 Å². The molecular weight excluding hydrogens is 489 g/mol. The molecule has 34 heavy (non-hydrogen) atoms. The number of thioether (sulfide) groups is 1. The van der Waals surface area contributed by atoms with E-state index < -0.39 is 6.36 Å². The Labute approximate surface area is 208 Å². The van der Waals surface area contributed by atoms with Gasteiger partial charge in [0.1, 0.15) is 11.6 Å². The van der Waals surface area contributed by atoms with Crippen LogP contribution in [-0.4, -0.2) is 64.6 Å². The highest BCUT2D eigenvalue weighted by Gasteiger charge is 2.60. The van der Waals surface area contributed by atoms with Crippen LogP contribution in [0.5, 0.6) is 5.75 Å². The van der Waals surface area contributed by atoms with Crippen LogP contribution in [0.2, 0.25) is 0 Å².